The number of carbonyl (C=O) groups is 1. The van der Waals surface area contributed by atoms with Crippen molar-refractivity contribution in [1.29, 1.82) is 0 Å². The number of carbonyl (C=O) groups excluding carboxylic acids is 1. The number of benzene rings is 3. The van der Waals surface area contributed by atoms with Gasteiger partial charge in [-0.3, -0.25) is 0 Å². The molecule has 176 valence electrons. The van der Waals surface area contributed by atoms with E-state index < -0.39 is 5.97 Å². The van der Waals surface area contributed by atoms with Crippen LogP contribution in [-0.2, 0) is 9.53 Å². The first-order chi connectivity index (χ1) is 18.7. The maximum absolute atomic E-state index is 10.9. The van der Waals surface area contributed by atoms with E-state index in [-0.39, 0.29) is 6.61 Å². The molecule has 0 spiro atoms. The molecule has 0 radical (unpaired) electrons. The van der Waals surface area contributed by atoms with Crippen molar-refractivity contribution in [2.75, 3.05) is 13.7 Å². The predicted octanol–water partition coefficient (Wildman–Crippen LogP) is 4.03. The zero-order valence-electron chi connectivity index (χ0n) is 20.4. The first-order valence-corrected chi connectivity index (χ1v) is 11.2. The minimum absolute atomic E-state index is 0.115. The van der Waals surface area contributed by atoms with Crippen LogP contribution in [0.4, 0.5) is 0 Å². The van der Waals surface area contributed by atoms with E-state index in [0.717, 1.165) is 28.0 Å². The van der Waals surface area contributed by atoms with Crippen LogP contribution in [-0.4, -0.2) is 19.7 Å². The van der Waals surface area contributed by atoms with Gasteiger partial charge in [-0.15, -0.1) is 6.42 Å². The summed E-state index contributed by atoms with van der Waals surface area (Å²) in [5, 5.41) is 0. The minimum atomic E-state index is -0.762. The Bertz CT molecular complexity index is 1750. The fraction of sp³-hybridized carbons (Fsp3) is 0.0571. The number of rotatable bonds is 2. The van der Waals surface area contributed by atoms with Gasteiger partial charge in [-0.05, 0) is 90.0 Å². The van der Waals surface area contributed by atoms with Crippen LogP contribution in [0.3, 0.4) is 0 Å². The van der Waals surface area contributed by atoms with Gasteiger partial charge in [0.1, 0.15) is 5.75 Å². The highest BCUT2D eigenvalue weighted by atomic mass is 16.5. The number of ether oxygens (including phenoxy) is 2. The Labute approximate surface area is 223 Å². The molecule has 0 fully saturated rings. The molecule has 0 unspecified atom stereocenters. The first-order valence-electron chi connectivity index (χ1n) is 11.2. The molecule has 0 aromatic heterocycles. The molecule has 0 saturated heterocycles. The van der Waals surface area contributed by atoms with Crippen molar-refractivity contribution in [3.05, 3.63) is 101 Å². The Balaban J connectivity index is 1.71. The second-order valence-corrected chi connectivity index (χ2v) is 7.09. The standard InChI is InChI=1S/C35H18O3/c1-3-35(36)38-28-14-4-5-16-30-18-8-9-20-32(30)21-11-13-23-33-22-12-10-19-31(33)17-7-6-15-29-24-26-34(37-2)27-25-29/h1,8-10,12,18-20,22,24-27H,28H2,2H3. The zero-order chi connectivity index (χ0) is 26.8. The normalized spacial score (nSPS) is 8.11. The van der Waals surface area contributed by atoms with E-state index in [4.69, 9.17) is 11.2 Å². The third-order valence-electron chi connectivity index (χ3n) is 4.61. The topological polar surface area (TPSA) is 35.5 Å². The van der Waals surface area contributed by atoms with Crippen molar-refractivity contribution in [3.63, 3.8) is 0 Å². The summed E-state index contributed by atoms with van der Waals surface area (Å²) in [5.41, 5.74) is 3.80. The Morgan fingerprint density at radius 3 is 1.55 bits per heavy atom. The van der Waals surface area contributed by atoms with Crippen LogP contribution in [0, 0.1) is 83.4 Å². The lowest BCUT2D eigenvalue weighted by Gasteiger charge is -1.97. The molecule has 0 N–H and O–H groups in total. The molecule has 3 nitrogen and oxygen atoms in total. The Morgan fingerprint density at radius 2 is 1.11 bits per heavy atom. The van der Waals surface area contributed by atoms with Crippen LogP contribution in [0.25, 0.3) is 0 Å². The molecule has 0 aliphatic heterocycles. The van der Waals surface area contributed by atoms with Gasteiger partial charge >= 0.3 is 5.97 Å². The summed E-state index contributed by atoms with van der Waals surface area (Å²) >= 11 is 0. The lowest BCUT2D eigenvalue weighted by Crippen LogP contribution is -1.99. The van der Waals surface area contributed by atoms with Crippen molar-refractivity contribution in [3.8, 4) is 89.1 Å². The van der Waals surface area contributed by atoms with Gasteiger partial charge in [0.25, 0.3) is 0 Å². The molecular formula is C35H18O3. The number of methoxy groups -OCH3 is 1. The lowest BCUT2D eigenvalue weighted by atomic mass is 10.1. The minimum Gasteiger partial charge on any atom is -0.497 e. The van der Waals surface area contributed by atoms with Crippen molar-refractivity contribution < 1.29 is 14.3 Å². The molecule has 0 atom stereocenters. The van der Waals surface area contributed by atoms with Crippen LogP contribution in [0.1, 0.15) is 27.8 Å². The molecule has 0 aliphatic rings. The van der Waals surface area contributed by atoms with Crippen LogP contribution < -0.4 is 4.74 Å². The van der Waals surface area contributed by atoms with E-state index in [0.29, 0.717) is 5.56 Å². The highest BCUT2D eigenvalue weighted by molar-refractivity contribution is 5.87. The summed E-state index contributed by atoms with van der Waals surface area (Å²) in [6.45, 7) is -0.115. The van der Waals surface area contributed by atoms with Gasteiger partial charge in [0.2, 0.25) is 0 Å². The molecule has 0 aliphatic carbocycles. The third kappa shape index (κ3) is 8.90. The Morgan fingerprint density at radius 1 is 0.658 bits per heavy atom. The smallest absolute Gasteiger partial charge is 0.385 e. The number of terminal acetylenes is 1. The molecule has 0 amide bonds. The molecule has 0 saturated carbocycles. The molecule has 3 aromatic rings. The van der Waals surface area contributed by atoms with Crippen LogP contribution >= 0.6 is 0 Å². The van der Waals surface area contributed by atoms with Crippen LogP contribution in [0.2, 0.25) is 0 Å². The van der Waals surface area contributed by atoms with Crippen molar-refractivity contribution in [2.24, 2.45) is 0 Å². The average molecular weight is 487 g/mol. The fourth-order valence-corrected chi connectivity index (χ4v) is 2.80. The highest BCUT2D eigenvalue weighted by Crippen LogP contribution is 2.10. The summed E-state index contributed by atoms with van der Waals surface area (Å²) in [5.74, 6) is 36.3. The second kappa shape index (κ2) is 15.0. The lowest BCUT2D eigenvalue weighted by molar-refractivity contribution is -0.135. The van der Waals surface area contributed by atoms with Crippen LogP contribution in [0.5, 0.6) is 5.75 Å². The van der Waals surface area contributed by atoms with Crippen molar-refractivity contribution in [2.45, 2.75) is 0 Å². The molecule has 3 aromatic carbocycles. The van der Waals surface area contributed by atoms with Crippen molar-refractivity contribution >= 4 is 5.97 Å². The Hall–Kier alpha value is -6.15. The Kier molecular flexibility index (Phi) is 10.4. The van der Waals surface area contributed by atoms with E-state index in [1.54, 1.807) is 7.11 Å². The van der Waals surface area contributed by atoms with Gasteiger partial charge in [0.15, 0.2) is 6.61 Å². The first kappa shape index (κ1) is 26.5. The number of hydrogen-bond donors (Lipinski definition) is 0. The zero-order valence-corrected chi connectivity index (χ0v) is 20.4. The van der Waals surface area contributed by atoms with Gasteiger partial charge in [-0.2, -0.15) is 0 Å². The fourth-order valence-electron chi connectivity index (χ4n) is 2.80. The molecule has 3 rings (SSSR count). The quantitative estimate of drug-likeness (QED) is 0.312. The largest absolute Gasteiger partial charge is 0.497 e. The summed E-state index contributed by atoms with van der Waals surface area (Å²) in [7, 11) is 1.62. The molecule has 38 heavy (non-hydrogen) atoms. The molecule has 0 bridgehead atoms. The van der Waals surface area contributed by atoms with E-state index >= 15 is 0 Å². The molecular weight excluding hydrogens is 468 g/mol. The third-order valence-corrected chi connectivity index (χ3v) is 4.61. The summed E-state index contributed by atoms with van der Waals surface area (Å²) in [4.78, 5) is 10.9. The number of esters is 1. The maximum Gasteiger partial charge on any atom is 0.385 e. The van der Waals surface area contributed by atoms with E-state index in [9.17, 15) is 4.79 Å². The summed E-state index contributed by atoms with van der Waals surface area (Å²) < 4.78 is 9.80. The number of hydrogen-bond acceptors (Lipinski definition) is 3. The SMILES string of the molecule is C#CC(=O)OCC#CC#Cc1ccccc1C#CC#Cc1ccccc1C#CC#Cc1ccc(OC)cc1. The van der Waals surface area contributed by atoms with E-state index in [1.807, 2.05) is 78.7 Å². The monoisotopic (exact) mass is 486 g/mol. The van der Waals surface area contributed by atoms with E-state index in [1.165, 1.54) is 0 Å². The van der Waals surface area contributed by atoms with Gasteiger partial charge in [0, 0.05) is 33.7 Å². The van der Waals surface area contributed by atoms with Gasteiger partial charge in [-0.1, -0.05) is 53.9 Å². The second-order valence-electron chi connectivity index (χ2n) is 7.09. The van der Waals surface area contributed by atoms with Gasteiger partial charge in [-0.25, -0.2) is 4.79 Å². The van der Waals surface area contributed by atoms with Gasteiger partial charge < -0.3 is 9.47 Å². The average Bonchev–Trinajstić information content (AvgIpc) is 2.96. The van der Waals surface area contributed by atoms with E-state index in [2.05, 4.69) is 75.8 Å². The highest BCUT2D eigenvalue weighted by Gasteiger charge is 1.95. The predicted molar refractivity (Wildman–Crippen MR) is 148 cm³/mol. The summed E-state index contributed by atoms with van der Waals surface area (Å²) in [6, 6.07) is 22.4. The van der Waals surface area contributed by atoms with Gasteiger partial charge in [0.05, 0.1) is 7.11 Å². The molecule has 3 heteroatoms. The molecule has 0 heterocycles. The summed E-state index contributed by atoms with van der Waals surface area (Å²) in [6.07, 6.45) is 4.91. The van der Waals surface area contributed by atoms with Crippen molar-refractivity contribution in [1.82, 2.24) is 0 Å². The maximum atomic E-state index is 10.9. The van der Waals surface area contributed by atoms with Crippen LogP contribution in [0.15, 0.2) is 72.8 Å².